The lowest BCUT2D eigenvalue weighted by Crippen LogP contribution is -2.69. The number of nitrogens with two attached hydrogens (primary N) is 1. The van der Waals surface area contributed by atoms with Crippen LogP contribution in [0.2, 0.25) is 0 Å². The molecule has 6 nitrogen and oxygen atoms in total. The van der Waals surface area contributed by atoms with Gasteiger partial charge >= 0.3 is 6.01 Å². The molecule has 2 aliphatic carbocycles. The third kappa shape index (κ3) is 2.83. The van der Waals surface area contributed by atoms with Crippen LogP contribution in [0.1, 0.15) is 35.4 Å². The summed E-state index contributed by atoms with van der Waals surface area (Å²) < 4.78 is 20.3. The van der Waals surface area contributed by atoms with Crippen molar-refractivity contribution >= 4 is 5.82 Å². The number of aryl methyl sites for hydroxylation is 2. The van der Waals surface area contributed by atoms with E-state index in [2.05, 4.69) is 9.88 Å². The lowest BCUT2D eigenvalue weighted by atomic mass is 9.60. The van der Waals surface area contributed by atoms with E-state index in [1.807, 2.05) is 26.0 Å². The van der Waals surface area contributed by atoms with E-state index in [1.165, 1.54) is 0 Å². The van der Waals surface area contributed by atoms with Crippen LogP contribution in [0.4, 0.5) is 10.2 Å². The molecule has 3 aromatic rings. The Bertz CT molecular complexity index is 1200. The van der Waals surface area contributed by atoms with Crippen molar-refractivity contribution in [1.29, 1.82) is 0 Å². The summed E-state index contributed by atoms with van der Waals surface area (Å²) in [7, 11) is 0. The number of anilines is 1. The number of rotatable bonds is 3. The molecule has 2 N–H and O–H groups in total. The van der Waals surface area contributed by atoms with Gasteiger partial charge in [0, 0.05) is 42.2 Å². The first-order valence-corrected chi connectivity index (χ1v) is 10.7. The molecule has 1 spiro atoms. The summed E-state index contributed by atoms with van der Waals surface area (Å²) in [5, 5.41) is 0. The smallest absolute Gasteiger partial charge is 0.324 e. The van der Waals surface area contributed by atoms with Crippen LogP contribution in [0.25, 0.3) is 11.1 Å². The Hall–Kier alpha value is -3.06. The van der Waals surface area contributed by atoms with Crippen LogP contribution >= 0.6 is 0 Å². The Morgan fingerprint density at radius 1 is 1.19 bits per heavy atom. The number of halogens is 1. The monoisotopic (exact) mass is 417 g/mol. The van der Waals surface area contributed by atoms with Gasteiger partial charge in [0.05, 0.1) is 11.9 Å². The molecule has 2 fully saturated rings. The van der Waals surface area contributed by atoms with Crippen LogP contribution in [-0.2, 0) is 6.42 Å². The van der Waals surface area contributed by atoms with Gasteiger partial charge in [-0.2, -0.15) is 9.97 Å². The van der Waals surface area contributed by atoms with E-state index in [1.54, 1.807) is 18.3 Å². The van der Waals surface area contributed by atoms with Gasteiger partial charge in [-0.15, -0.1) is 0 Å². The van der Waals surface area contributed by atoms with Crippen molar-refractivity contribution in [3.8, 4) is 22.9 Å². The molecule has 3 aliphatic rings. The highest BCUT2D eigenvalue weighted by atomic mass is 19.1. The standard InChI is InChI=1S/C24H24FN5O/c1-13-7-15(25)8-18-17(13)9-19-21(18)22(30-11-24(12-30)6-5-20(24)26)29-23(28-19)31-16-4-3-14(2)27-10-16/h3-4,7-8,10,20H,5-6,9,11-12,26H2,1-2H3/t20-/m1/s1. The number of nitrogens with zero attached hydrogens (tertiary/aromatic N) is 4. The lowest BCUT2D eigenvalue weighted by molar-refractivity contribution is 0.0558. The molecule has 0 amide bonds. The summed E-state index contributed by atoms with van der Waals surface area (Å²) in [5.74, 6) is 1.17. The maximum atomic E-state index is 14.3. The topological polar surface area (TPSA) is 77.2 Å². The first-order chi connectivity index (χ1) is 14.9. The first kappa shape index (κ1) is 18.7. The fraction of sp³-hybridized carbons (Fsp3) is 0.375. The fourth-order valence-electron chi connectivity index (χ4n) is 5.14. The predicted molar refractivity (Wildman–Crippen MR) is 116 cm³/mol. The van der Waals surface area contributed by atoms with Gasteiger partial charge in [-0.3, -0.25) is 4.98 Å². The summed E-state index contributed by atoms with van der Waals surface area (Å²) in [5.41, 5.74) is 12.1. The maximum absolute atomic E-state index is 14.3. The van der Waals surface area contributed by atoms with E-state index in [0.29, 0.717) is 18.2 Å². The minimum atomic E-state index is -0.234. The van der Waals surface area contributed by atoms with Crippen LogP contribution in [0.3, 0.4) is 0 Å². The highest BCUT2D eigenvalue weighted by Crippen LogP contribution is 2.52. The Labute approximate surface area is 180 Å². The molecule has 0 radical (unpaired) electrons. The molecule has 2 aromatic heterocycles. The van der Waals surface area contributed by atoms with Crippen LogP contribution in [0.15, 0.2) is 30.5 Å². The Balaban J connectivity index is 1.43. The van der Waals surface area contributed by atoms with E-state index in [9.17, 15) is 4.39 Å². The van der Waals surface area contributed by atoms with Crippen LogP contribution in [-0.4, -0.2) is 34.1 Å². The maximum Gasteiger partial charge on any atom is 0.324 e. The molecule has 1 atom stereocenters. The highest BCUT2D eigenvalue weighted by Gasteiger charge is 2.54. The van der Waals surface area contributed by atoms with E-state index in [4.69, 9.17) is 20.4 Å². The van der Waals surface area contributed by atoms with Gasteiger partial charge in [-0.05, 0) is 67.6 Å². The molecule has 1 saturated heterocycles. The molecular weight excluding hydrogens is 393 g/mol. The summed E-state index contributed by atoms with van der Waals surface area (Å²) in [6, 6.07) is 7.49. The van der Waals surface area contributed by atoms with Gasteiger partial charge in [0.1, 0.15) is 17.4 Å². The van der Waals surface area contributed by atoms with E-state index >= 15 is 0 Å². The van der Waals surface area contributed by atoms with E-state index in [0.717, 1.165) is 65.4 Å². The third-order valence-corrected chi connectivity index (χ3v) is 7.14. The number of pyridine rings is 1. The van der Waals surface area contributed by atoms with Crippen molar-refractivity contribution in [2.75, 3.05) is 18.0 Å². The van der Waals surface area contributed by atoms with Crippen molar-refractivity contribution in [1.82, 2.24) is 15.0 Å². The van der Waals surface area contributed by atoms with Crippen LogP contribution < -0.4 is 15.4 Å². The van der Waals surface area contributed by atoms with Gasteiger partial charge in [0.15, 0.2) is 0 Å². The molecule has 1 saturated carbocycles. The molecule has 0 unspecified atom stereocenters. The van der Waals surface area contributed by atoms with Crippen molar-refractivity contribution in [3.63, 3.8) is 0 Å². The largest absolute Gasteiger partial charge is 0.423 e. The van der Waals surface area contributed by atoms with Crippen LogP contribution in [0, 0.1) is 25.1 Å². The van der Waals surface area contributed by atoms with Crippen LogP contribution in [0.5, 0.6) is 11.8 Å². The second kappa shape index (κ2) is 6.47. The molecule has 7 heteroatoms. The van der Waals surface area contributed by atoms with Gasteiger partial charge < -0.3 is 15.4 Å². The lowest BCUT2D eigenvalue weighted by Gasteiger charge is -2.60. The average molecular weight is 417 g/mol. The molecule has 6 rings (SSSR count). The molecular formula is C24H24FN5O. The minimum absolute atomic E-state index is 0.193. The number of benzene rings is 1. The number of hydrogen-bond donors (Lipinski definition) is 1. The summed E-state index contributed by atoms with van der Waals surface area (Å²) in [6.45, 7) is 5.61. The zero-order chi connectivity index (χ0) is 21.3. The first-order valence-electron chi connectivity index (χ1n) is 10.7. The Morgan fingerprint density at radius 3 is 2.71 bits per heavy atom. The van der Waals surface area contributed by atoms with Gasteiger partial charge in [0.2, 0.25) is 0 Å². The zero-order valence-electron chi connectivity index (χ0n) is 17.7. The predicted octanol–water partition coefficient (Wildman–Crippen LogP) is 3.92. The fourth-order valence-corrected chi connectivity index (χ4v) is 5.14. The summed E-state index contributed by atoms with van der Waals surface area (Å²) >= 11 is 0. The molecule has 158 valence electrons. The van der Waals surface area contributed by atoms with Gasteiger partial charge in [0.25, 0.3) is 0 Å². The molecule has 31 heavy (non-hydrogen) atoms. The van der Waals surface area contributed by atoms with Crippen molar-refractivity contribution in [2.24, 2.45) is 11.1 Å². The molecule has 1 aromatic carbocycles. The summed E-state index contributed by atoms with van der Waals surface area (Å²) in [4.78, 5) is 16.0. The van der Waals surface area contributed by atoms with E-state index in [-0.39, 0.29) is 17.3 Å². The average Bonchev–Trinajstić information content (AvgIpc) is 3.06. The quantitative estimate of drug-likeness (QED) is 0.545. The van der Waals surface area contributed by atoms with Gasteiger partial charge in [-0.1, -0.05) is 0 Å². The Morgan fingerprint density at radius 2 is 2.03 bits per heavy atom. The SMILES string of the molecule is Cc1ccc(Oc2nc3c(c(N4CC5(CC[C@H]5N)C4)n2)-c2cc(F)cc(C)c2C3)cn1. The number of fused-ring (bicyclic) bond motifs is 3. The molecule has 3 heterocycles. The zero-order valence-corrected chi connectivity index (χ0v) is 17.7. The summed E-state index contributed by atoms with van der Waals surface area (Å²) in [6.07, 6.45) is 4.55. The molecule has 1 aliphatic heterocycles. The van der Waals surface area contributed by atoms with Crippen molar-refractivity contribution < 1.29 is 9.13 Å². The number of hydrogen-bond acceptors (Lipinski definition) is 6. The number of aromatic nitrogens is 3. The third-order valence-electron chi connectivity index (χ3n) is 7.14. The molecule has 0 bridgehead atoms. The van der Waals surface area contributed by atoms with Crippen molar-refractivity contribution in [3.05, 3.63) is 58.8 Å². The normalized spacial score (nSPS) is 20.1. The van der Waals surface area contributed by atoms with E-state index < -0.39 is 0 Å². The van der Waals surface area contributed by atoms with Gasteiger partial charge in [-0.25, -0.2) is 4.39 Å². The minimum Gasteiger partial charge on any atom is -0.423 e. The Kier molecular flexibility index (Phi) is 3.90. The number of ether oxygens (including phenoxy) is 1. The second-order valence-corrected chi connectivity index (χ2v) is 9.18. The van der Waals surface area contributed by atoms with Crippen molar-refractivity contribution in [2.45, 2.75) is 39.2 Å². The highest BCUT2D eigenvalue weighted by molar-refractivity contribution is 5.86. The second-order valence-electron chi connectivity index (χ2n) is 9.18.